The highest BCUT2D eigenvalue weighted by Gasteiger charge is 2.01. The molecule has 0 bridgehead atoms. The van der Waals surface area contributed by atoms with Crippen LogP contribution in [0.25, 0.3) is 0 Å². The molecule has 0 aliphatic rings. The summed E-state index contributed by atoms with van der Waals surface area (Å²) in [5.74, 6) is 0.885. The number of nitrogens with zero attached hydrogens (tertiary/aromatic N) is 2. The number of aromatic nitrogens is 2. The normalized spacial score (nSPS) is 12.3. The van der Waals surface area contributed by atoms with Gasteiger partial charge in [-0.25, -0.2) is 4.98 Å². The Morgan fingerprint density at radius 2 is 2.33 bits per heavy atom. The Hall–Kier alpha value is -1.81. The molecule has 0 aliphatic heterocycles. The minimum atomic E-state index is 0.0412. The van der Waals surface area contributed by atoms with E-state index in [0.29, 0.717) is 6.61 Å². The van der Waals surface area contributed by atoms with Gasteiger partial charge in [0.2, 0.25) is 0 Å². The standard InChI is InChI=1S/C14H19N3O/c1-12(15)13-4-2-5-14(10-13)18-9-3-7-17-8-6-16-11-17/h2,4-6,8,10-12H,3,7,9,15H2,1H3. The van der Waals surface area contributed by atoms with E-state index in [1.54, 1.807) is 6.20 Å². The lowest BCUT2D eigenvalue weighted by molar-refractivity contribution is 0.301. The van der Waals surface area contributed by atoms with Crippen molar-refractivity contribution in [3.63, 3.8) is 0 Å². The van der Waals surface area contributed by atoms with Crippen LogP contribution in [-0.2, 0) is 6.54 Å². The van der Waals surface area contributed by atoms with E-state index in [0.717, 1.165) is 24.3 Å². The van der Waals surface area contributed by atoms with Crippen LogP contribution in [-0.4, -0.2) is 16.2 Å². The minimum Gasteiger partial charge on any atom is -0.494 e. The van der Waals surface area contributed by atoms with Gasteiger partial charge >= 0.3 is 0 Å². The van der Waals surface area contributed by atoms with Gasteiger partial charge in [-0.05, 0) is 31.0 Å². The van der Waals surface area contributed by atoms with Crippen LogP contribution in [0.5, 0.6) is 5.75 Å². The first-order valence-electron chi connectivity index (χ1n) is 6.20. The van der Waals surface area contributed by atoms with Gasteiger partial charge in [0.1, 0.15) is 5.75 Å². The Balaban J connectivity index is 1.78. The number of nitrogens with two attached hydrogens (primary N) is 1. The van der Waals surface area contributed by atoms with E-state index >= 15 is 0 Å². The third-order valence-corrected chi connectivity index (χ3v) is 2.77. The SMILES string of the molecule is CC(N)c1cccc(OCCCn2ccnc2)c1. The number of hydrogen-bond donors (Lipinski definition) is 1. The summed E-state index contributed by atoms with van der Waals surface area (Å²) >= 11 is 0. The molecule has 2 N–H and O–H groups in total. The van der Waals surface area contributed by atoms with Crippen LogP contribution in [0.4, 0.5) is 0 Å². The lowest BCUT2D eigenvalue weighted by Gasteiger charge is -2.10. The largest absolute Gasteiger partial charge is 0.494 e. The van der Waals surface area contributed by atoms with Crippen LogP contribution in [0.1, 0.15) is 24.9 Å². The highest BCUT2D eigenvalue weighted by molar-refractivity contribution is 5.30. The van der Waals surface area contributed by atoms with Crippen molar-refractivity contribution in [2.24, 2.45) is 5.73 Å². The Labute approximate surface area is 107 Å². The van der Waals surface area contributed by atoms with Crippen molar-refractivity contribution in [2.45, 2.75) is 25.9 Å². The summed E-state index contributed by atoms with van der Waals surface area (Å²) in [5.41, 5.74) is 6.93. The van der Waals surface area contributed by atoms with Gasteiger partial charge in [0, 0.05) is 25.0 Å². The number of imidazole rings is 1. The summed E-state index contributed by atoms with van der Waals surface area (Å²) in [4.78, 5) is 4.00. The van der Waals surface area contributed by atoms with E-state index in [4.69, 9.17) is 10.5 Å². The molecular formula is C14H19N3O. The molecule has 1 heterocycles. The van der Waals surface area contributed by atoms with Crippen molar-refractivity contribution < 1.29 is 4.74 Å². The molecule has 0 radical (unpaired) electrons. The highest BCUT2D eigenvalue weighted by Crippen LogP contribution is 2.17. The van der Waals surface area contributed by atoms with E-state index in [-0.39, 0.29) is 6.04 Å². The molecular weight excluding hydrogens is 226 g/mol. The molecule has 2 rings (SSSR count). The zero-order chi connectivity index (χ0) is 12.8. The summed E-state index contributed by atoms with van der Waals surface area (Å²) in [6, 6.07) is 8.00. The van der Waals surface area contributed by atoms with E-state index in [2.05, 4.69) is 4.98 Å². The van der Waals surface area contributed by atoms with Crippen LogP contribution >= 0.6 is 0 Å². The van der Waals surface area contributed by atoms with E-state index < -0.39 is 0 Å². The second kappa shape index (κ2) is 6.21. The molecule has 4 heteroatoms. The lowest BCUT2D eigenvalue weighted by atomic mass is 10.1. The molecule has 1 aromatic heterocycles. The van der Waals surface area contributed by atoms with Crippen LogP contribution in [0.2, 0.25) is 0 Å². The van der Waals surface area contributed by atoms with Crippen molar-refractivity contribution in [3.05, 3.63) is 48.5 Å². The van der Waals surface area contributed by atoms with E-state index in [9.17, 15) is 0 Å². The molecule has 0 amide bonds. The van der Waals surface area contributed by atoms with Crippen LogP contribution in [0.3, 0.4) is 0 Å². The summed E-state index contributed by atoms with van der Waals surface area (Å²) in [5, 5.41) is 0. The monoisotopic (exact) mass is 245 g/mol. The van der Waals surface area contributed by atoms with Crippen molar-refractivity contribution in [2.75, 3.05) is 6.61 Å². The molecule has 4 nitrogen and oxygen atoms in total. The zero-order valence-electron chi connectivity index (χ0n) is 10.6. The summed E-state index contributed by atoms with van der Waals surface area (Å²) in [7, 11) is 0. The third-order valence-electron chi connectivity index (χ3n) is 2.77. The zero-order valence-corrected chi connectivity index (χ0v) is 10.6. The molecule has 1 atom stereocenters. The van der Waals surface area contributed by atoms with Crippen molar-refractivity contribution >= 4 is 0 Å². The van der Waals surface area contributed by atoms with E-state index in [1.807, 2.05) is 48.3 Å². The average Bonchev–Trinajstić information content (AvgIpc) is 2.88. The molecule has 0 fully saturated rings. The number of hydrogen-bond acceptors (Lipinski definition) is 3. The predicted octanol–water partition coefficient (Wildman–Crippen LogP) is 2.37. The van der Waals surface area contributed by atoms with Gasteiger partial charge in [-0.2, -0.15) is 0 Å². The predicted molar refractivity (Wildman–Crippen MR) is 71.4 cm³/mol. The van der Waals surface area contributed by atoms with Gasteiger partial charge in [0.05, 0.1) is 12.9 Å². The molecule has 96 valence electrons. The van der Waals surface area contributed by atoms with Crippen LogP contribution in [0.15, 0.2) is 43.0 Å². The fraction of sp³-hybridized carbons (Fsp3) is 0.357. The van der Waals surface area contributed by atoms with Gasteiger partial charge in [-0.1, -0.05) is 12.1 Å². The first-order chi connectivity index (χ1) is 8.75. The molecule has 0 saturated heterocycles. The van der Waals surface area contributed by atoms with E-state index in [1.165, 1.54) is 0 Å². The minimum absolute atomic E-state index is 0.0412. The molecule has 1 aromatic carbocycles. The quantitative estimate of drug-likeness (QED) is 0.795. The Bertz CT molecular complexity index is 466. The van der Waals surface area contributed by atoms with Gasteiger partial charge < -0.3 is 15.0 Å². The van der Waals surface area contributed by atoms with Gasteiger partial charge in [-0.15, -0.1) is 0 Å². The summed E-state index contributed by atoms with van der Waals surface area (Å²) in [6.07, 6.45) is 6.51. The topological polar surface area (TPSA) is 53.1 Å². The van der Waals surface area contributed by atoms with Gasteiger partial charge in [-0.3, -0.25) is 0 Å². The smallest absolute Gasteiger partial charge is 0.119 e. The molecule has 18 heavy (non-hydrogen) atoms. The molecule has 1 unspecified atom stereocenters. The number of rotatable bonds is 6. The molecule has 2 aromatic rings. The van der Waals surface area contributed by atoms with Crippen LogP contribution < -0.4 is 10.5 Å². The third kappa shape index (κ3) is 3.60. The van der Waals surface area contributed by atoms with Gasteiger partial charge in [0.15, 0.2) is 0 Å². The first-order valence-corrected chi connectivity index (χ1v) is 6.20. The fourth-order valence-electron chi connectivity index (χ4n) is 1.74. The maximum atomic E-state index is 5.84. The Kier molecular flexibility index (Phi) is 4.36. The molecule has 0 spiro atoms. The average molecular weight is 245 g/mol. The first kappa shape index (κ1) is 12.6. The number of benzene rings is 1. The highest BCUT2D eigenvalue weighted by atomic mass is 16.5. The maximum absolute atomic E-state index is 5.84. The lowest BCUT2D eigenvalue weighted by Crippen LogP contribution is -2.06. The molecule has 0 aliphatic carbocycles. The maximum Gasteiger partial charge on any atom is 0.119 e. The van der Waals surface area contributed by atoms with Crippen molar-refractivity contribution in [1.29, 1.82) is 0 Å². The van der Waals surface area contributed by atoms with Crippen molar-refractivity contribution in [3.8, 4) is 5.75 Å². The molecule has 0 saturated carbocycles. The van der Waals surface area contributed by atoms with Crippen LogP contribution in [0, 0.1) is 0 Å². The number of ether oxygens (including phenoxy) is 1. The number of aryl methyl sites for hydroxylation is 1. The summed E-state index contributed by atoms with van der Waals surface area (Å²) in [6.45, 7) is 3.59. The second-order valence-electron chi connectivity index (χ2n) is 4.36. The van der Waals surface area contributed by atoms with Gasteiger partial charge in [0.25, 0.3) is 0 Å². The Morgan fingerprint density at radius 1 is 1.44 bits per heavy atom. The second-order valence-corrected chi connectivity index (χ2v) is 4.36. The fourth-order valence-corrected chi connectivity index (χ4v) is 1.74. The van der Waals surface area contributed by atoms with Crippen molar-refractivity contribution in [1.82, 2.24) is 9.55 Å². The Morgan fingerprint density at radius 3 is 3.06 bits per heavy atom. The summed E-state index contributed by atoms with van der Waals surface area (Å²) < 4.78 is 7.75.